The van der Waals surface area contributed by atoms with E-state index < -0.39 is 24.2 Å². The first-order chi connectivity index (χ1) is 14.5. The highest BCUT2D eigenvalue weighted by Gasteiger charge is 2.50. The monoisotopic (exact) mass is 410 g/mol. The van der Waals surface area contributed by atoms with Gasteiger partial charge in [0, 0.05) is 45.4 Å². The van der Waals surface area contributed by atoms with Crippen LogP contribution in [0.25, 0.3) is 0 Å². The first-order valence-electron chi connectivity index (χ1n) is 9.84. The molecule has 0 aliphatic carbocycles. The van der Waals surface area contributed by atoms with Crippen molar-refractivity contribution in [1.82, 2.24) is 20.5 Å². The number of ether oxygens (including phenoxy) is 1. The van der Waals surface area contributed by atoms with Gasteiger partial charge in [-0.25, -0.2) is 0 Å². The zero-order valence-electron chi connectivity index (χ0n) is 17.1. The molecule has 1 aromatic carbocycles. The highest BCUT2D eigenvalue weighted by molar-refractivity contribution is 5.97. The topological polar surface area (TPSA) is 104 Å². The maximum Gasteiger partial charge on any atom is 0.253 e. The maximum absolute atomic E-state index is 12.5. The Balaban J connectivity index is 1.50. The summed E-state index contributed by atoms with van der Waals surface area (Å²) in [7, 11) is 3.27. The summed E-state index contributed by atoms with van der Waals surface area (Å²) in [6.45, 7) is 0.403. The van der Waals surface area contributed by atoms with E-state index in [2.05, 4.69) is 15.6 Å². The van der Waals surface area contributed by atoms with Crippen molar-refractivity contribution < 1.29 is 19.1 Å². The number of carbonyl (C=O) groups excluding carboxylic acids is 3. The van der Waals surface area contributed by atoms with E-state index in [-0.39, 0.29) is 11.8 Å². The summed E-state index contributed by atoms with van der Waals surface area (Å²) in [5, 5.41) is 5.48. The molecular weight excluding hydrogens is 384 g/mol. The fourth-order valence-corrected chi connectivity index (χ4v) is 3.09. The summed E-state index contributed by atoms with van der Waals surface area (Å²) >= 11 is 0. The Morgan fingerprint density at radius 1 is 1.03 bits per heavy atom. The smallest absolute Gasteiger partial charge is 0.253 e. The Bertz CT molecular complexity index is 873. The van der Waals surface area contributed by atoms with E-state index in [4.69, 9.17) is 4.74 Å². The van der Waals surface area contributed by atoms with Crippen molar-refractivity contribution in [1.29, 1.82) is 0 Å². The maximum atomic E-state index is 12.5. The third kappa shape index (κ3) is 5.87. The van der Waals surface area contributed by atoms with Gasteiger partial charge in [-0.1, -0.05) is 36.4 Å². The van der Waals surface area contributed by atoms with Crippen LogP contribution in [-0.4, -0.2) is 66.5 Å². The molecule has 0 radical (unpaired) electrons. The van der Waals surface area contributed by atoms with Crippen LogP contribution >= 0.6 is 0 Å². The summed E-state index contributed by atoms with van der Waals surface area (Å²) in [6.07, 6.45) is 0.931. The molecule has 3 rings (SSSR count). The van der Waals surface area contributed by atoms with Gasteiger partial charge in [0.25, 0.3) is 11.8 Å². The van der Waals surface area contributed by atoms with Gasteiger partial charge in [0.1, 0.15) is 6.04 Å². The number of rotatable bonds is 9. The van der Waals surface area contributed by atoms with Crippen molar-refractivity contribution in [2.75, 3.05) is 20.6 Å². The highest BCUT2D eigenvalue weighted by atomic mass is 16.6. The average Bonchev–Trinajstić information content (AvgIpc) is 3.55. The van der Waals surface area contributed by atoms with E-state index in [0.29, 0.717) is 19.4 Å². The lowest BCUT2D eigenvalue weighted by Gasteiger charge is -2.21. The lowest BCUT2D eigenvalue weighted by molar-refractivity contribution is -0.134. The Kier molecular flexibility index (Phi) is 7.13. The molecule has 2 N–H and O–H groups in total. The number of likely N-dealkylation sites (N-methyl/N-ethyl adjacent to an activating group) is 1. The molecule has 1 saturated heterocycles. The molecule has 1 aromatic heterocycles. The van der Waals surface area contributed by atoms with Crippen molar-refractivity contribution in [3.8, 4) is 0 Å². The Morgan fingerprint density at radius 3 is 2.40 bits per heavy atom. The molecule has 2 heterocycles. The van der Waals surface area contributed by atoms with Gasteiger partial charge in [0.2, 0.25) is 5.91 Å². The van der Waals surface area contributed by atoms with Crippen molar-refractivity contribution >= 4 is 17.7 Å². The molecule has 30 heavy (non-hydrogen) atoms. The fraction of sp³-hybridized carbons (Fsp3) is 0.364. The molecule has 8 heteroatoms. The van der Waals surface area contributed by atoms with Crippen LogP contribution in [-0.2, 0) is 32.0 Å². The first-order valence-corrected chi connectivity index (χ1v) is 9.84. The number of hydrogen-bond acceptors (Lipinski definition) is 5. The number of pyridine rings is 1. The first kappa shape index (κ1) is 21.4. The lowest BCUT2D eigenvalue weighted by atomic mass is 10.0. The minimum atomic E-state index is -0.881. The van der Waals surface area contributed by atoms with Crippen molar-refractivity contribution in [2.24, 2.45) is 0 Å². The summed E-state index contributed by atoms with van der Waals surface area (Å²) in [5.74, 6) is -1.02. The van der Waals surface area contributed by atoms with Gasteiger partial charge in [-0.05, 0) is 17.7 Å². The van der Waals surface area contributed by atoms with Crippen LogP contribution in [0.4, 0.5) is 0 Å². The number of nitrogens with zero attached hydrogens (tertiary/aromatic N) is 2. The van der Waals surface area contributed by atoms with Crippen LogP contribution in [0.3, 0.4) is 0 Å². The van der Waals surface area contributed by atoms with Gasteiger partial charge in [0.05, 0.1) is 0 Å². The van der Waals surface area contributed by atoms with Crippen LogP contribution < -0.4 is 10.6 Å². The largest absolute Gasteiger partial charge is 0.353 e. The number of amides is 3. The summed E-state index contributed by atoms with van der Waals surface area (Å²) in [5.41, 5.74) is 1.80. The zero-order valence-corrected chi connectivity index (χ0v) is 17.1. The molecule has 1 fully saturated rings. The Morgan fingerprint density at radius 2 is 1.73 bits per heavy atom. The van der Waals surface area contributed by atoms with Crippen LogP contribution in [0.5, 0.6) is 0 Å². The molecule has 1 aliphatic heterocycles. The second-order valence-corrected chi connectivity index (χ2v) is 7.32. The Hall–Kier alpha value is -3.26. The molecule has 3 amide bonds. The van der Waals surface area contributed by atoms with E-state index >= 15 is 0 Å². The molecule has 3 atom stereocenters. The van der Waals surface area contributed by atoms with Crippen molar-refractivity contribution in [3.63, 3.8) is 0 Å². The minimum absolute atomic E-state index is 0.218. The number of nitrogens with one attached hydrogen (secondary N) is 2. The summed E-state index contributed by atoms with van der Waals surface area (Å²) in [6, 6.07) is 14.3. The predicted octanol–water partition coefficient (Wildman–Crippen LogP) is 0.323. The lowest BCUT2D eigenvalue weighted by Crippen LogP contribution is -2.49. The van der Waals surface area contributed by atoms with E-state index in [1.165, 1.54) is 4.90 Å². The van der Waals surface area contributed by atoms with Crippen LogP contribution in [0.15, 0.2) is 54.7 Å². The molecule has 1 aliphatic rings. The number of aromatic nitrogens is 1. The molecule has 0 saturated carbocycles. The SMILES string of the molecule is CN(C)C(=O)[C@H](Cc1ccccc1)NC(=O)[C@@H]1O[C@H]1C(=O)NCCc1ccccn1. The Labute approximate surface area is 175 Å². The van der Waals surface area contributed by atoms with Crippen molar-refractivity contribution in [3.05, 3.63) is 66.0 Å². The van der Waals surface area contributed by atoms with Crippen molar-refractivity contribution in [2.45, 2.75) is 31.1 Å². The van der Waals surface area contributed by atoms with E-state index in [9.17, 15) is 14.4 Å². The number of carbonyl (C=O) groups is 3. The van der Waals surface area contributed by atoms with Gasteiger partial charge in [-0.15, -0.1) is 0 Å². The standard InChI is InChI=1S/C22H26N4O4/c1-26(2)22(29)17(14-15-8-4-3-5-9-15)25-21(28)19-18(30-19)20(27)24-13-11-16-10-6-7-12-23-16/h3-10,12,17-19H,11,13-14H2,1-2H3,(H,24,27)(H,25,28)/t17-,18+,19+/m0/s1. The third-order valence-corrected chi connectivity index (χ3v) is 4.75. The second kappa shape index (κ2) is 9.98. The molecular formula is C22H26N4O4. The molecule has 2 aromatic rings. The molecule has 158 valence electrons. The van der Waals surface area contributed by atoms with Gasteiger partial charge in [0.15, 0.2) is 12.2 Å². The molecule has 0 unspecified atom stereocenters. The molecule has 8 nitrogen and oxygen atoms in total. The number of benzene rings is 1. The normalized spacial score (nSPS) is 18.2. The van der Waals surface area contributed by atoms with Crippen LogP contribution in [0.1, 0.15) is 11.3 Å². The predicted molar refractivity (Wildman–Crippen MR) is 110 cm³/mol. The van der Waals surface area contributed by atoms with Gasteiger partial charge < -0.3 is 20.3 Å². The summed E-state index contributed by atoms with van der Waals surface area (Å²) in [4.78, 5) is 42.9. The third-order valence-electron chi connectivity index (χ3n) is 4.75. The van der Waals surface area contributed by atoms with Gasteiger partial charge >= 0.3 is 0 Å². The molecule has 0 bridgehead atoms. The second-order valence-electron chi connectivity index (χ2n) is 7.32. The van der Waals surface area contributed by atoms with Crippen LogP contribution in [0.2, 0.25) is 0 Å². The zero-order chi connectivity index (χ0) is 21.5. The quantitative estimate of drug-likeness (QED) is 0.580. The highest BCUT2D eigenvalue weighted by Crippen LogP contribution is 2.22. The summed E-state index contributed by atoms with van der Waals surface area (Å²) < 4.78 is 5.27. The number of hydrogen-bond donors (Lipinski definition) is 2. The minimum Gasteiger partial charge on any atom is -0.353 e. The van der Waals surface area contributed by atoms with E-state index in [1.54, 1.807) is 20.3 Å². The van der Waals surface area contributed by atoms with E-state index in [1.807, 2.05) is 48.5 Å². The fourth-order valence-electron chi connectivity index (χ4n) is 3.09. The van der Waals surface area contributed by atoms with Crippen LogP contribution in [0, 0.1) is 0 Å². The number of epoxide rings is 1. The van der Waals surface area contributed by atoms with Gasteiger partial charge in [-0.2, -0.15) is 0 Å². The molecule has 0 spiro atoms. The average molecular weight is 410 g/mol. The van der Waals surface area contributed by atoms with E-state index in [0.717, 1.165) is 11.3 Å². The van der Waals surface area contributed by atoms with Gasteiger partial charge in [-0.3, -0.25) is 19.4 Å².